The van der Waals surface area contributed by atoms with Crippen molar-refractivity contribution in [2.75, 3.05) is 0 Å². The Hall–Kier alpha value is -1.98. The summed E-state index contributed by atoms with van der Waals surface area (Å²) in [4.78, 5) is 0. The fraction of sp³-hybridized carbons (Fsp3) is 0.250. The highest BCUT2D eigenvalue weighted by molar-refractivity contribution is 5.43. The van der Waals surface area contributed by atoms with E-state index in [1.807, 2.05) is 12.1 Å². The molecule has 21 heavy (non-hydrogen) atoms. The first-order valence-electron chi connectivity index (χ1n) is 6.56. The third kappa shape index (κ3) is 2.89. The van der Waals surface area contributed by atoms with E-state index in [1.54, 1.807) is 24.3 Å². The molecule has 1 unspecified atom stereocenters. The number of para-hydroxylation sites is 1. The Morgan fingerprint density at radius 2 is 1.81 bits per heavy atom. The van der Waals surface area contributed by atoms with Crippen molar-refractivity contribution in [1.29, 1.82) is 0 Å². The van der Waals surface area contributed by atoms with Gasteiger partial charge in [0.15, 0.2) is 0 Å². The number of hydrogen-bond acceptors (Lipinski definition) is 3. The maximum Gasteiger partial charge on any atom is 0.387 e. The average molecular weight is 292 g/mol. The summed E-state index contributed by atoms with van der Waals surface area (Å²) in [6.07, 6.45) is -1.02. The van der Waals surface area contributed by atoms with Crippen molar-refractivity contribution in [3.05, 3.63) is 64.7 Å². The van der Waals surface area contributed by atoms with Gasteiger partial charge in [0.05, 0.1) is 13.2 Å². The van der Waals surface area contributed by atoms with Crippen LogP contribution in [0.15, 0.2) is 42.5 Å². The molecular weight excluding hydrogens is 278 g/mol. The second-order valence-electron chi connectivity index (χ2n) is 4.84. The van der Waals surface area contributed by atoms with E-state index in [2.05, 4.69) is 4.74 Å². The molecule has 110 valence electrons. The third-order valence-corrected chi connectivity index (χ3v) is 3.49. The minimum Gasteiger partial charge on any atom is -0.434 e. The molecule has 5 heteroatoms. The fourth-order valence-electron chi connectivity index (χ4n) is 2.45. The Kier molecular flexibility index (Phi) is 3.86. The van der Waals surface area contributed by atoms with Crippen LogP contribution in [0.2, 0.25) is 0 Å². The summed E-state index contributed by atoms with van der Waals surface area (Å²) in [7, 11) is 0. The van der Waals surface area contributed by atoms with Crippen molar-refractivity contribution in [3.63, 3.8) is 0 Å². The lowest BCUT2D eigenvalue weighted by Crippen LogP contribution is -2.08. The van der Waals surface area contributed by atoms with Crippen LogP contribution < -0.4 is 4.74 Å². The number of ether oxygens (including phenoxy) is 2. The van der Waals surface area contributed by atoms with E-state index in [4.69, 9.17) is 4.74 Å². The molecular formula is C16H14F2O3. The van der Waals surface area contributed by atoms with E-state index in [0.717, 1.165) is 11.1 Å². The van der Waals surface area contributed by atoms with Crippen molar-refractivity contribution in [2.45, 2.75) is 25.9 Å². The maximum atomic E-state index is 12.4. The minimum atomic E-state index is -2.92. The highest BCUT2D eigenvalue weighted by Gasteiger charge is 2.20. The van der Waals surface area contributed by atoms with Crippen LogP contribution in [0.4, 0.5) is 8.78 Å². The van der Waals surface area contributed by atoms with Crippen LogP contribution in [-0.2, 0) is 18.0 Å². The Bertz CT molecular complexity index is 643. The Labute approximate surface area is 120 Å². The first-order chi connectivity index (χ1) is 10.1. The number of rotatable bonds is 4. The summed E-state index contributed by atoms with van der Waals surface area (Å²) in [6, 6.07) is 11.8. The van der Waals surface area contributed by atoms with Crippen molar-refractivity contribution < 1.29 is 23.4 Å². The molecule has 3 rings (SSSR count). The zero-order chi connectivity index (χ0) is 14.8. The molecule has 2 aromatic rings. The smallest absolute Gasteiger partial charge is 0.387 e. The van der Waals surface area contributed by atoms with Gasteiger partial charge >= 0.3 is 6.61 Å². The van der Waals surface area contributed by atoms with E-state index in [0.29, 0.717) is 24.3 Å². The number of fused-ring (bicyclic) bond motifs is 1. The van der Waals surface area contributed by atoms with Crippen molar-refractivity contribution >= 4 is 0 Å². The predicted octanol–water partition coefficient (Wildman–Crippen LogP) is 3.40. The van der Waals surface area contributed by atoms with Gasteiger partial charge in [0.25, 0.3) is 0 Å². The summed E-state index contributed by atoms with van der Waals surface area (Å²) in [6.45, 7) is -1.85. The van der Waals surface area contributed by atoms with Crippen LogP contribution in [0.1, 0.15) is 28.4 Å². The van der Waals surface area contributed by atoms with Crippen LogP contribution in [0.25, 0.3) is 0 Å². The molecule has 0 bridgehead atoms. The Morgan fingerprint density at radius 3 is 2.62 bits per heavy atom. The second kappa shape index (κ2) is 5.79. The summed E-state index contributed by atoms with van der Waals surface area (Å²) >= 11 is 0. The van der Waals surface area contributed by atoms with Crippen molar-refractivity contribution in [2.24, 2.45) is 0 Å². The summed E-state index contributed by atoms with van der Waals surface area (Å²) in [5.41, 5.74) is 3.04. The molecule has 1 aliphatic rings. The van der Waals surface area contributed by atoms with Crippen LogP contribution in [0, 0.1) is 0 Å². The number of aliphatic hydroxyl groups excluding tert-OH is 1. The van der Waals surface area contributed by atoms with Gasteiger partial charge in [-0.15, -0.1) is 0 Å². The topological polar surface area (TPSA) is 38.7 Å². The standard InChI is InChI=1S/C16H14F2O3/c17-16(18)21-14-4-2-1-3-13(14)15(19)10-5-6-11-8-20-9-12(11)7-10/h1-7,15-16,19H,8-9H2. The minimum absolute atomic E-state index is 0.0169. The number of benzene rings is 2. The summed E-state index contributed by atoms with van der Waals surface area (Å²) in [5, 5.41) is 10.5. The van der Waals surface area contributed by atoms with Gasteiger partial charge in [0.1, 0.15) is 11.9 Å². The van der Waals surface area contributed by atoms with Gasteiger partial charge in [-0.1, -0.05) is 36.4 Å². The van der Waals surface area contributed by atoms with E-state index in [-0.39, 0.29) is 5.75 Å². The predicted molar refractivity (Wildman–Crippen MR) is 72.1 cm³/mol. The SMILES string of the molecule is OC(c1ccc2c(c1)COC2)c1ccccc1OC(F)F. The maximum absolute atomic E-state index is 12.4. The van der Waals surface area contributed by atoms with Gasteiger partial charge in [0, 0.05) is 5.56 Å². The van der Waals surface area contributed by atoms with Gasteiger partial charge in [0.2, 0.25) is 0 Å². The summed E-state index contributed by atoms with van der Waals surface area (Å²) < 4.78 is 34.6. The third-order valence-electron chi connectivity index (χ3n) is 3.49. The molecule has 1 atom stereocenters. The van der Waals surface area contributed by atoms with Crippen LogP contribution in [-0.4, -0.2) is 11.7 Å². The first-order valence-corrected chi connectivity index (χ1v) is 6.56. The van der Waals surface area contributed by atoms with Gasteiger partial charge in [-0.25, -0.2) is 0 Å². The number of alkyl halides is 2. The molecule has 0 spiro atoms. The number of aliphatic hydroxyl groups is 1. The zero-order valence-corrected chi connectivity index (χ0v) is 11.1. The molecule has 0 fully saturated rings. The van der Waals surface area contributed by atoms with E-state index in [9.17, 15) is 13.9 Å². The van der Waals surface area contributed by atoms with Gasteiger partial charge < -0.3 is 14.6 Å². The normalized spacial score (nSPS) is 15.0. The molecule has 0 saturated carbocycles. The highest BCUT2D eigenvalue weighted by atomic mass is 19.3. The van der Waals surface area contributed by atoms with Gasteiger partial charge in [-0.05, 0) is 22.8 Å². The molecule has 2 aromatic carbocycles. The van der Waals surface area contributed by atoms with Crippen LogP contribution in [0.3, 0.4) is 0 Å². The molecule has 0 saturated heterocycles. The molecule has 1 N–H and O–H groups in total. The largest absolute Gasteiger partial charge is 0.434 e. The number of halogens is 2. The van der Waals surface area contributed by atoms with Gasteiger partial charge in [-0.3, -0.25) is 0 Å². The van der Waals surface area contributed by atoms with Crippen LogP contribution >= 0.6 is 0 Å². The van der Waals surface area contributed by atoms with E-state index < -0.39 is 12.7 Å². The quantitative estimate of drug-likeness (QED) is 0.938. The second-order valence-corrected chi connectivity index (χ2v) is 4.84. The zero-order valence-electron chi connectivity index (χ0n) is 11.1. The van der Waals surface area contributed by atoms with E-state index >= 15 is 0 Å². The lowest BCUT2D eigenvalue weighted by atomic mass is 9.97. The molecule has 0 radical (unpaired) electrons. The Morgan fingerprint density at radius 1 is 1.05 bits per heavy atom. The van der Waals surface area contributed by atoms with Crippen molar-refractivity contribution in [3.8, 4) is 5.75 Å². The van der Waals surface area contributed by atoms with Gasteiger partial charge in [-0.2, -0.15) is 8.78 Å². The molecule has 0 aromatic heterocycles. The lowest BCUT2D eigenvalue weighted by Gasteiger charge is -2.16. The van der Waals surface area contributed by atoms with Crippen LogP contribution in [0.5, 0.6) is 5.75 Å². The fourth-order valence-corrected chi connectivity index (χ4v) is 2.45. The van der Waals surface area contributed by atoms with E-state index in [1.165, 1.54) is 6.07 Å². The summed E-state index contributed by atoms with van der Waals surface area (Å²) in [5.74, 6) is -0.0169. The molecule has 0 amide bonds. The number of hydrogen-bond donors (Lipinski definition) is 1. The average Bonchev–Trinajstić information content (AvgIpc) is 2.94. The van der Waals surface area contributed by atoms with Crippen molar-refractivity contribution in [1.82, 2.24) is 0 Å². The Balaban J connectivity index is 1.93. The first kappa shape index (κ1) is 14.0. The molecule has 3 nitrogen and oxygen atoms in total. The molecule has 1 aliphatic heterocycles. The monoisotopic (exact) mass is 292 g/mol. The highest BCUT2D eigenvalue weighted by Crippen LogP contribution is 2.32. The lowest BCUT2D eigenvalue weighted by molar-refractivity contribution is -0.0512. The molecule has 0 aliphatic carbocycles. The molecule has 1 heterocycles.